The van der Waals surface area contributed by atoms with Gasteiger partial charge in [-0.05, 0) is 49.5 Å². The van der Waals surface area contributed by atoms with E-state index in [1.165, 1.54) is 43.4 Å². The number of hydrogen-bond acceptors (Lipinski definition) is 4. The molecule has 1 N–H and O–H groups in total. The molecule has 0 amide bonds. The van der Waals surface area contributed by atoms with Crippen LogP contribution in [0.3, 0.4) is 0 Å². The van der Waals surface area contributed by atoms with Gasteiger partial charge in [-0.25, -0.2) is 4.99 Å². The van der Waals surface area contributed by atoms with Gasteiger partial charge in [-0.2, -0.15) is 0 Å². The van der Waals surface area contributed by atoms with Crippen molar-refractivity contribution in [3.05, 3.63) is 34.0 Å². The minimum absolute atomic E-state index is 0.524. The second-order valence-corrected chi connectivity index (χ2v) is 9.38. The van der Waals surface area contributed by atoms with Crippen LogP contribution >= 0.6 is 11.3 Å². The highest BCUT2D eigenvalue weighted by atomic mass is 32.1. The molecule has 0 aromatic carbocycles. The van der Waals surface area contributed by atoms with Crippen LogP contribution in [0.4, 0.5) is 0 Å². The summed E-state index contributed by atoms with van der Waals surface area (Å²) in [6.45, 7) is 5.73. The summed E-state index contributed by atoms with van der Waals surface area (Å²) in [5.74, 6) is 2.89. The predicted molar refractivity (Wildman–Crippen MR) is 115 cm³/mol. The Kier molecular flexibility index (Phi) is 5.99. The van der Waals surface area contributed by atoms with Crippen LogP contribution in [0, 0.1) is 12.3 Å². The largest absolute Gasteiger partial charge is 0.356 e. The van der Waals surface area contributed by atoms with Crippen molar-refractivity contribution >= 4 is 17.3 Å². The van der Waals surface area contributed by atoms with E-state index in [2.05, 4.69) is 37.9 Å². The van der Waals surface area contributed by atoms with Crippen LogP contribution in [0.2, 0.25) is 0 Å². The average molecular weight is 401 g/mol. The van der Waals surface area contributed by atoms with Crippen LogP contribution in [0.1, 0.15) is 55.1 Å². The Morgan fingerprint density at radius 2 is 2.11 bits per heavy atom. The Balaban J connectivity index is 1.44. The maximum atomic E-state index is 4.96. The molecule has 28 heavy (non-hydrogen) atoms. The first-order valence-corrected chi connectivity index (χ1v) is 11.4. The molecule has 6 nitrogen and oxygen atoms in total. The van der Waals surface area contributed by atoms with Gasteiger partial charge in [-0.15, -0.1) is 21.5 Å². The summed E-state index contributed by atoms with van der Waals surface area (Å²) in [6.07, 6.45) is 9.31. The summed E-state index contributed by atoms with van der Waals surface area (Å²) in [6, 6.07) is 4.33. The van der Waals surface area contributed by atoms with Gasteiger partial charge >= 0.3 is 0 Å². The van der Waals surface area contributed by atoms with Crippen molar-refractivity contribution in [2.45, 2.75) is 58.4 Å². The fraction of sp³-hybridized carbons (Fsp3) is 0.667. The Morgan fingerprint density at radius 1 is 1.25 bits per heavy atom. The van der Waals surface area contributed by atoms with Crippen LogP contribution in [-0.2, 0) is 20.0 Å². The number of rotatable bonds is 5. The van der Waals surface area contributed by atoms with Crippen molar-refractivity contribution < 1.29 is 0 Å². The van der Waals surface area contributed by atoms with Gasteiger partial charge in [0.15, 0.2) is 11.8 Å². The summed E-state index contributed by atoms with van der Waals surface area (Å²) in [5, 5.41) is 14.2. The molecule has 2 fully saturated rings. The topological polar surface area (TPSA) is 58.3 Å². The Labute approximate surface area is 172 Å². The number of aryl methyl sites for hydroxylation is 1. The van der Waals surface area contributed by atoms with Gasteiger partial charge in [0.05, 0.1) is 0 Å². The zero-order valence-corrected chi connectivity index (χ0v) is 18.0. The number of likely N-dealkylation sites (tertiary alicyclic amines) is 1. The molecular formula is C21H32N6S. The third kappa shape index (κ3) is 4.40. The number of guanidine groups is 1. The number of nitrogens with zero attached hydrogens (tertiary/aromatic N) is 5. The fourth-order valence-corrected chi connectivity index (χ4v) is 5.29. The highest BCUT2D eigenvalue weighted by Crippen LogP contribution is 2.43. The molecule has 152 valence electrons. The van der Waals surface area contributed by atoms with Crippen molar-refractivity contribution in [2.75, 3.05) is 19.6 Å². The standard InChI is InChI=1S/C21H32N6S/c1-17-24-25-19(26(17)2)15-23-20(22-12-8-18-7-6-14-28-18)27-13-11-21(16-27)9-4-3-5-10-21/h6-7,14H,3-5,8-13,15-16H2,1-2H3,(H,22,23). The Morgan fingerprint density at radius 3 is 2.82 bits per heavy atom. The monoisotopic (exact) mass is 400 g/mol. The van der Waals surface area contributed by atoms with E-state index in [0.717, 1.165) is 43.7 Å². The number of aliphatic imine (C=N–C) groups is 1. The van der Waals surface area contributed by atoms with E-state index in [1.807, 2.05) is 29.9 Å². The summed E-state index contributed by atoms with van der Waals surface area (Å²) in [7, 11) is 2.01. The third-order valence-electron chi connectivity index (χ3n) is 6.44. The molecule has 0 bridgehead atoms. The molecule has 0 atom stereocenters. The van der Waals surface area contributed by atoms with Crippen LogP contribution < -0.4 is 5.32 Å². The number of aromatic nitrogens is 3. The molecule has 1 spiro atoms. The SMILES string of the molecule is Cc1nnc(CN=C(NCCc2cccs2)N2CCC3(CCCCC3)C2)n1C. The van der Waals surface area contributed by atoms with E-state index in [0.29, 0.717) is 12.0 Å². The van der Waals surface area contributed by atoms with Gasteiger partial charge in [0.1, 0.15) is 12.4 Å². The molecule has 0 radical (unpaired) electrons. The first-order chi connectivity index (χ1) is 13.7. The van der Waals surface area contributed by atoms with Crippen LogP contribution in [0.25, 0.3) is 0 Å². The molecule has 2 aromatic heterocycles. The second-order valence-electron chi connectivity index (χ2n) is 8.35. The minimum Gasteiger partial charge on any atom is -0.356 e. The molecule has 7 heteroatoms. The lowest BCUT2D eigenvalue weighted by Crippen LogP contribution is -2.42. The lowest BCUT2D eigenvalue weighted by molar-refractivity contribution is 0.203. The highest BCUT2D eigenvalue weighted by Gasteiger charge is 2.39. The Bertz CT molecular complexity index is 788. The van der Waals surface area contributed by atoms with E-state index in [4.69, 9.17) is 4.99 Å². The predicted octanol–water partition coefficient (Wildman–Crippen LogP) is 3.53. The van der Waals surface area contributed by atoms with Crippen molar-refractivity contribution in [3.63, 3.8) is 0 Å². The third-order valence-corrected chi connectivity index (χ3v) is 7.38. The minimum atomic E-state index is 0.524. The maximum Gasteiger partial charge on any atom is 0.194 e. The molecule has 4 rings (SSSR count). The molecular weight excluding hydrogens is 368 g/mol. The zero-order valence-electron chi connectivity index (χ0n) is 17.2. The molecule has 1 aliphatic heterocycles. The quantitative estimate of drug-likeness (QED) is 0.616. The number of thiophene rings is 1. The van der Waals surface area contributed by atoms with Gasteiger partial charge in [-0.3, -0.25) is 0 Å². The van der Waals surface area contributed by atoms with Crippen molar-refractivity contribution in [2.24, 2.45) is 17.5 Å². The van der Waals surface area contributed by atoms with Crippen LogP contribution in [0.5, 0.6) is 0 Å². The smallest absolute Gasteiger partial charge is 0.194 e. The van der Waals surface area contributed by atoms with Gasteiger partial charge < -0.3 is 14.8 Å². The van der Waals surface area contributed by atoms with Crippen molar-refractivity contribution in [1.29, 1.82) is 0 Å². The van der Waals surface area contributed by atoms with Gasteiger partial charge in [0, 0.05) is 31.6 Å². The molecule has 3 heterocycles. The summed E-state index contributed by atoms with van der Waals surface area (Å²) < 4.78 is 2.03. The van der Waals surface area contributed by atoms with E-state index < -0.39 is 0 Å². The molecule has 2 aromatic rings. The summed E-state index contributed by atoms with van der Waals surface area (Å²) in [4.78, 5) is 8.87. The molecule has 1 saturated heterocycles. The van der Waals surface area contributed by atoms with Gasteiger partial charge in [0.2, 0.25) is 0 Å². The molecule has 1 aliphatic carbocycles. The van der Waals surface area contributed by atoms with E-state index in [1.54, 1.807) is 0 Å². The van der Waals surface area contributed by atoms with E-state index in [-0.39, 0.29) is 0 Å². The van der Waals surface area contributed by atoms with Crippen molar-refractivity contribution in [3.8, 4) is 0 Å². The van der Waals surface area contributed by atoms with E-state index >= 15 is 0 Å². The van der Waals surface area contributed by atoms with Crippen LogP contribution in [0.15, 0.2) is 22.5 Å². The average Bonchev–Trinajstić information content (AvgIpc) is 3.43. The number of nitrogens with one attached hydrogen (secondary N) is 1. The second kappa shape index (κ2) is 8.64. The first-order valence-electron chi connectivity index (χ1n) is 10.6. The molecule has 1 saturated carbocycles. The zero-order chi connectivity index (χ0) is 19.4. The lowest BCUT2D eigenvalue weighted by Gasteiger charge is -2.33. The van der Waals surface area contributed by atoms with Crippen LogP contribution in [-0.4, -0.2) is 45.3 Å². The maximum absolute atomic E-state index is 4.96. The summed E-state index contributed by atoms with van der Waals surface area (Å²) >= 11 is 1.82. The molecule has 2 aliphatic rings. The van der Waals surface area contributed by atoms with Crippen molar-refractivity contribution in [1.82, 2.24) is 25.0 Å². The fourth-order valence-electron chi connectivity index (χ4n) is 4.58. The highest BCUT2D eigenvalue weighted by molar-refractivity contribution is 7.09. The first kappa shape index (κ1) is 19.4. The number of hydrogen-bond donors (Lipinski definition) is 1. The molecule has 0 unspecified atom stereocenters. The lowest BCUT2D eigenvalue weighted by atomic mass is 9.73. The van der Waals surface area contributed by atoms with E-state index in [9.17, 15) is 0 Å². The summed E-state index contributed by atoms with van der Waals surface area (Å²) in [5.41, 5.74) is 0.524. The Hall–Kier alpha value is -1.89. The van der Waals surface area contributed by atoms with Gasteiger partial charge in [-0.1, -0.05) is 25.3 Å². The normalized spacial score (nSPS) is 19.5. The van der Waals surface area contributed by atoms with Gasteiger partial charge in [0.25, 0.3) is 0 Å².